The van der Waals surface area contributed by atoms with Crippen molar-refractivity contribution in [2.75, 3.05) is 13.2 Å². The van der Waals surface area contributed by atoms with E-state index in [2.05, 4.69) is 10.6 Å². The van der Waals surface area contributed by atoms with Gasteiger partial charge in [-0.2, -0.15) is 0 Å². The Labute approximate surface area is 148 Å². The lowest BCUT2D eigenvalue weighted by Gasteiger charge is -2.12. The van der Waals surface area contributed by atoms with Crippen LogP contribution < -0.4 is 15.4 Å². The molecule has 0 aliphatic carbocycles. The SMILES string of the molecule is CC[C@H](C)NC(=O)NC(=O)COC(=O)c1ccc(OCC(C)C)cc1. The van der Waals surface area contributed by atoms with Crippen molar-refractivity contribution in [3.63, 3.8) is 0 Å². The Hall–Kier alpha value is -2.57. The number of urea groups is 1. The standard InChI is InChI=1S/C18H26N2O5/c1-5-13(4)19-18(23)20-16(21)11-25-17(22)14-6-8-15(9-7-14)24-10-12(2)3/h6-9,12-13H,5,10-11H2,1-4H3,(H2,19,20,21,23)/t13-/m0/s1. The molecule has 0 bridgehead atoms. The highest BCUT2D eigenvalue weighted by Gasteiger charge is 2.13. The number of ether oxygens (including phenoxy) is 2. The average molecular weight is 350 g/mol. The van der Waals surface area contributed by atoms with Crippen LogP contribution in [-0.2, 0) is 9.53 Å². The number of amides is 3. The fraction of sp³-hybridized carbons (Fsp3) is 0.500. The Morgan fingerprint density at radius 2 is 1.72 bits per heavy atom. The van der Waals surface area contributed by atoms with Crippen molar-refractivity contribution in [3.8, 4) is 5.75 Å². The maximum atomic E-state index is 11.9. The molecule has 1 atom stereocenters. The molecule has 0 aliphatic heterocycles. The number of hydrogen-bond donors (Lipinski definition) is 2. The van der Waals surface area contributed by atoms with Crippen LogP contribution in [0.2, 0.25) is 0 Å². The normalized spacial score (nSPS) is 11.6. The molecule has 0 unspecified atom stereocenters. The van der Waals surface area contributed by atoms with E-state index in [-0.39, 0.29) is 6.04 Å². The summed E-state index contributed by atoms with van der Waals surface area (Å²) in [4.78, 5) is 35.0. The smallest absolute Gasteiger partial charge is 0.338 e. The lowest BCUT2D eigenvalue weighted by atomic mass is 10.2. The Balaban J connectivity index is 2.40. The van der Waals surface area contributed by atoms with Crippen molar-refractivity contribution in [1.29, 1.82) is 0 Å². The van der Waals surface area contributed by atoms with Gasteiger partial charge in [0.25, 0.3) is 5.91 Å². The van der Waals surface area contributed by atoms with E-state index in [1.54, 1.807) is 24.3 Å². The molecule has 0 fully saturated rings. The second-order valence-corrected chi connectivity index (χ2v) is 6.14. The molecule has 1 aromatic rings. The second kappa shape index (κ2) is 10.3. The molecule has 0 heterocycles. The van der Waals surface area contributed by atoms with E-state index in [1.807, 2.05) is 27.7 Å². The number of rotatable bonds is 8. The van der Waals surface area contributed by atoms with Gasteiger partial charge in [0.05, 0.1) is 12.2 Å². The third kappa shape index (κ3) is 8.19. The van der Waals surface area contributed by atoms with E-state index in [0.717, 1.165) is 6.42 Å². The van der Waals surface area contributed by atoms with Gasteiger partial charge in [0.2, 0.25) is 0 Å². The van der Waals surface area contributed by atoms with E-state index in [1.165, 1.54) is 0 Å². The van der Waals surface area contributed by atoms with E-state index in [4.69, 9.17) is 9.47 Å². The maximum Gasteiger partial charge on any atom is 0.338 e. The van der Waals surface area contributed by atoms with Gasteiger partial charge in [0, 0.05) is 6.04 Å². The number of nitrogens with one attached hydrogen (secondary N) is 2. The molecule has 0 aliphatic rings. The first-order valence-electron chi connectivity index (χ1n) is 8.32. The summed E-state index contributed by atoms with van der Waals surface area (Å²) in [6.45, 7) is 7.87. The molecular formula is C18H26N2O5. The van der Waals surface area contributed by atoms with Crippen LogP contribution in [0.1, 0.15) is 44.5 Å². The molecule has 0 aromatic heterocycles. The molecule has 7 heteroatoms. The highest BCUT2D eigenvalue weighted by atomic mass is 16.5. The Morgan fingerprint density at radius 1 is 1.08 bits per heavy atom. The van der Waals surface area contributed by atoms with Crippen LogP contribution in [0, 0.1) is 5.92 Å². The topological polar surface area (TPSA) is 93.7 Å². The van der Waals surface area contributed by atoms with Gasteiger partial charge < -0.3 is 14.8 Å². The van der Waals surface area contributed by atoms with E-state index < -0.39 is 24.5 Å². The molecule has 25 heavy (non-hydrogen) atoms. The molecule has 0 spiro atoms. The van der Waals surface area contributed by atoms with Crippen LogP contribution in [0.15, 0.2) is 24.3 Å². The first kappa shape index (κ1) is 20.5. The van der Waals surface area contributed by atoms with Crippen molar-refractivity contribution in [2.24, 2.45) is 5.92 Å². The zero-order valence-electron chi connectivity index (χ0n) is 15.1. The molecule has 7 nitrogen and oxygen atoms in total. The molecule has 0 radical (unpaired) electrons. The molecular weight excluding hydrogens is 324 g/mol. The third-order valence-corrected chi connectivity index (χ3v) is 3.25. The highest BCUT2D eigenvalue weighted by molar-refractivity contribution is 5.97. The summed E-state index contributed by atoms with van der Waals surface area (Å²) in [5.74, 6) is -0.274. The number of benzene rings is 1. The lowest BCUT2D eigenvalue weighted by Crippen LogP contribution is -2.44. The summed E-state index contributed by atoms with van der Waals surface area (Å²) in [5, 5.41) is 4.68. The predicted octanol–water partition coefficient (Wildman–Crippen LogP) is 2.50. The summed E-state index contributed by atoms with van der Waals surface area (Å²) in [7, 11) is 0. The average Bonchev–Trinajstić information content (AvgIpc) is 2.57. The Bertz CT molecular complexity index is 584. The van der Waals surface area contributed by atoms with Gasteiger partial charge >= 0.3 is 12.0 Å². The zero-order chi connectivity index (χ0) is 18.8. The molecule has 0 saturated heterocycles. The van der Waals surface area contributed by atoms with Crippen LogP contribution in [0.3, 0.4) is 0 Å². The van der Waals surface area contributed by atoms with Gasteiger partial charge in [-0.1, -0.05) is 20.8 Å². The molecule has 1 aromatic carbocycles. The number of carbonyl (C=O) groups is 3. The quantitative estimate of drug-likeness (QED) is 0.703. The van der Waals surface area contributed by atoms with Gasteiger partial charge in [-0.3, -0.25) is 10.1 Å². The molecule has 3 amide bonds. The van der Waals surface area contributed by atoms with Gasteiger partial charge in [-0.05, 0) is 43.5 Å². The van der Waals surface area contributed by atoms with E-state index >= 15 is 0 Å². The molecule has 138 valence electrons. The van der Waals surface area contributed by atoms with Crippen molar-refractivity contribution in [3.05, 3.63) is 29.8 Å². The van der Waals surface area contributed by atoms with Crippen LogP contribution >= 0.6 is 0 Å². The fourth-order valence-electron chi connectivity index (χ4n) is 1.69. The van der Waals surface area contributed by atoms with Crippen molar-refractivity contribution < 1.29 is 23.9 Å². The predicted molar refractivity (Wildman–Crippen MR) is 93.5 cm³/mol. The molecule has 1 rings (SSSR count). The molecule has 2 N–H and O–H groups in total. The van der Waals surface area contributed by atoms with Crippen LogP contribution in [0.5, 0.6) is 5.75 Å². The van der Waals surface area contributed by atoms with Crippen LogP contribution in [0.4, 0.5) is 4.79 Å². The summed E-state index contributed by atoms with van der Waals surface area (Å²) in [5.41, 5.74) is 0.300. The summed E-state index contributed by atoms with van der Waals surface area (Å²) in [6, 6.07) is 5.79. The second-order valence-electron chi connectivity index (χ2n) is 6.14. The van der Waals surface area contributed by atoms with Gasteiger partial charge in [0.15, 0.2) is 6.61 Å². The first-order valence-corrected chi connectivity index (χ1v) is 8.32. The van der Waals surface area contributed by atoms with Gasteiger partial charge in [0.1, 0.15) is 5.75 Å². The van der Waals surface area contributed by atoms with E-state index in [0.29, 0.717) is 23.8 Å². The largest absolute Gasteiger partial charge is 0.493 e. The summed E-state index contributed by atoms with van der Waals surface area (Å²) >= 11 is 0. The maximum absolute atomic E-state index is 11.9. The highest BCUT2D eigenvalue weighted by Crippen LogP contribution is 2.14. The monoisotopic (exact) mass is 350 g/mol. The minimum Gasteiger partial charge on any atom is -0.493 e. The third-order valence-electron chi connectivity index (χ3n) is 3.25. The fourth-order valence-corrected chi connectivity index (χ4v) is 1.69. The minimum absolute atomic E-state index is 0.0493. The van der Waals surface area contributed by atoms with Gasteiger partial charge in [-0.25, -0.2) is 9.59 Å². The van der Waals surface area contributed by atoms with E-state index in [9.17, 15) is 14.4 Å². The Kier molecular flexibility index (Phi) is 8.46. The summed E-state index contributed by atoms with van der Waals surface area (Å²) < 4.78 is 10.4. The number of esters is 1. The van der Waals surface area contributed by atoms with Crippen LogP contribution in [-0.4, -0.2) is 37.2 Å². The van der Waals surface area contributed by atoms with Gasteiger partial charge in [-0.15, -0.1) is 0 Å². The van der Waals surface area contributed by atoms with Crippen LogP contribution in [0.25, 0.3) is 0 Å². The van der Waals surface area contributed by atoms with Crippen molar-refractivity contribution >= 4 is 17.9 Å². The number of carbonyl (C=O) groups excluding carboxylic acids is 3. The first-order chi connectivity index (χ1) is 11.8. The minimum atomic E-state index is -0.689. The summed E-state index contributed by atoms with van der Waals surface area (Å²) in [6.07, 6.45) is 0.744. The zero-order valence-corrected chi connectivity index (χ0v) is 15.1. The number of hydrogen-bond acceptors (Lipinski definition) is 5. The van der Waals surface area contributed by atoms with Crippen molar-refractivity contribution in [2.45, 2.75) is 40.2 Å². The Morgan fingerprint density at radius 3 is 2.28 bits per heavy atom. The van der Waals surface area contributed by atoms with Crippen molar-refractivity contribution in [1.82, 2.24) is 10.6 Å². The molecule has 0 saturated carbocycles. The number of imide groups is 1. The lowest BCUT2D eigenvalue weighted by molar-refractivity contribution is -0.123.